The number of esters is 2. The Kier molecular flexibility index (Phi) is 11.5. The number of alkyl halides is 6. The molecule has 0 aliphatic heterocycles. The van der Waals surface area contributed by atoms with Crippen LogP contribution in [0.3, 0.4) is 0 Å². The average molecular weight is 624 g/mol. The number of carbonyl (C=O) groups excluding carboxylic acids is 2. The highest BCUT2D eigenvalue weighted by atomic mass is 32.1. The Morgan fingerprint density at radius 3 is 1.95 bits per heavy atom. The molecule has 2 aliphatic carbocycles. The zero-order valence-corrected chi connectivity index (χ0v) is 24.1. The lowest BCUT2D eigenvalue weighted by Gasteiger charge is -2.36. The van der Waals surface area contributed by atoms with E-state index in [2.05, 4.69) is 16.0 Å². The van der Waals surface area contributed by atoms with Crippen LogP contribution in [0, 0.1) is 11.8 Å². The molecule has 42 heavy (non-hydrogen) atoms. The van der Waals surface area contributed by atoms with Gasteiger partial charge in [-0.3, -0.25) is 9.59 Å². The molecular formula is C28H35F6N3O4S. The molecule has 3 rings (SSSR count). The van der Waals surface area contributed by atoms with Gasteiger partial charge in [0.05, 0.1) is 24.3 Å². The molecule has 0 unspecified atom stereocenters. The lowest BCUT2D eigenvalue weighted by molar-refractivity contribution is -0.163. The molecular weight excluding hydrogens is 588 g/mol. The molecule has 1 fully saturated rings. The molecule has 0 radical (unpaired) electrons. The van der Waals surface area contributed by atoms with Gasteiger partial charge in [-0.2, -0.15) is 26.3 Å². The van der Waals surface area contributed by atoms with E-state index in [-0.39, 0.29) is 36.5 Å². The fraction of sp³-hybridized carbons (Fsp3) is 0.607. The summed E-state index contributed by atoms with van der Waals surface area (Å²) in [6.45, 7) is 3.55. The summed E-state index contributed by atoms with van der Waals surface area (Å²) in [7, 11) is 0. The quantitative estimate of drug-likeness (QED) is 0.127. The summed E-state index contributed by atoms with van der Waals surface area (Å²) in [6.07, 6.45) is -3.02. The van der Waals surface area contributed by atoms with Crippen LogP contribution in [0.1, 0.15) is 69.9 Å². The number of halogens is 6. The van der Waals surface area contributed by atoms with E-state index in [1.54, 1.807) is 13.8 Å². The van der Waals surface area contributed by atoms with Crippen LogP contribution in [0.25, 0.3) is 0 Å². The molecule has 2 aliphatic rings. The topological polar surface area (TPSA) is 88.7 Å². The van der Waals surface area contributed by atoms with Gasteiger partial charge in [-0.15, -0.1) is 0 Å². The number of benzene rings is 1. The SMILES string of the molecule is CCOC(=O)C(C(=O)OCC)[C@H]1C=C(N[C@@H]2CCCC[C@H]2NC(=S)Nc2cc(C(F)(F)F)cc(C(F)(F)F)c2)CCC1. The molecule has 3 atom stereocenters. The van der Waals surface area contributed by atoms with Crippen LogP contribution in [-0.4, -0.2) is 42.3 Å². The standard InChI is InChI=1S/C28H35F6N3O4S/c1-3-40-24(38)23(25(39)41-4-2)16-8-7-9-19(12-16)35-21-10-5-6-11-22(21)37-26(42)36-20-14-17(27(29,30)31)13-18(15-20)28(32,33)34/h12-16,21-23,35H,3-11H2,1-2H3,(H2,36,37,42)/t16-,21-,22-/m1/s1. The molecule has 0 amide bonds. The van der Waals surface area contributed by atoms with Gasteiger partial charge in [0.25, 0.3) is 0 Å². The molecule has 1 aromatic carbocycles. The maximum atomic E-state index is 13.3. The van der Waals surface area contributed by atoms with E-state index in [4.69, 9.17) is 21.7 Å². The molecule has 7 nitrogen and oxygen atoms in total. The van der Waals surface area contributed by atoms with Crippen molar-refractivity contribution in [3.05, 3.63) is 41.1 Å². The minimum atomic E-state index is -4.98. The van der Waals surface area contributed by atoms with E-state index in [9.17, 15) is 35.9 Å². The third-order valence-electron chi connectivity index (χ3n) is 7.21. The van der Waals surface area contributed by atoms with Crippen LogP contribution in [0.2, 0.25) is 0 Å². The largest absolute Gasteiger partial charge is 0.465 e. The molecule has 0 aromatic heterocycles. The van der Waals surface area contributed by atoms with Crippen molar-refractivity contribution in [3.8, 4) is 0 Å². The van der Waals surface area contributed by atoms with Gasteiger partial charge in [0, 0.05) is 29.4 Å². The molecule has 1 aromatic rings. The van der Waals surface area contributed by atoms with Crippen LogP contribution < -0.4 is 16.0 Å². The van der Waals surface area contributed by atoms with Gasteiger partial charge in [-0.05, 0) is 76.4 Å². The van der Waals surface area contributed by atoms with E-state index in [1.165, 1.54) is 0 Å². The van der Waals surface area contributed by atoms with Gasteiger partial charge >= 0.3 is 24.3 Å². The number of ether oxygens (including phenoxy) is 2. The van der Waals surface area contributed by atoms with Crippen molar-refractivity contribution >= 4 is 35.0 Å². The van der Waals surface area contributed by atoms with Gasteiger partial charge in [-0.25, -0.2) is 0 Å². The predicted octanol–water partition coefficient (Wildman–Crippen LogP) is 6.34. The third kappa shape index (κ3) is 9.23. The number of nitrogens with one attached hydrogen (secondary N) is 3. The Hall–Kier alpha value is -3.03. The smallest absolute Gasteiger partial charge is 0.416 e. The summed E-state index contributed by atoms with van der Waals surface area (Å²) in [6, 6.07) is 0.771. The van der Waals surface area contributed by atoms with Gasteiger partial charge in [-0.1, -0.05) is 18.9 Å². The van der Waals surface area contributed by atoms with Gasteiger partial charge < -0.3 is 25.4 Å². The number of anilines is 1. The van der Waals surface area contributed by atoms with Crippen LogP contribution in [0.15, 0.2) is 30.0 Å². The Labute approximate surface area is 245 Å². The first-order valence-corrected chi connectivity index (χ1v) is 14.3. The zero-order chi connectivity index (χ0) is 31.1. The van der Waals surface area contributed by atoms with Crippen LogP contribution in [0.4, 0.5) is 32.0 Å². The fourth-order valence-electron chi connectivity index (χ4n) is 5.32. The second-order valence-corrected chi connectivity index (χ2v) is 10.7. The molecule has 234 valence electrons. The summed E-state index contributed by atoms with van der Waals surface area (Å²) >= 11 is 5.28. The number of hydrogen-bond donors (Lipinski definition) is 3. The highest BCUT2D eigenvalue weighted by Gasteiger charge is 2.39. The molecule has 1 saturated carbocycles. The first kappa shape index (κ1) is 33.5. The predicted molar refractivity (Wildman–Crippen MR) is 147 cm³/mol. The summed E-state index contributed by atoms with van der Waals surface area (Å²) in [5.74, 6) is -2.81. The van der Waals surface area contributed by atoms with E-state index >= 15 is 0 Å². The maximum Gasteiger partial charge on any atom is 0.416 e. The maximum absolute atomic E-state index is 13.3. The van der Waals surface area contributed by atoms with Crippen molar-refractivity contribution in [2.75, 3.05) is 18.5 Å². The average Bonchev–Trinajstić information content (AvgIpc) is 2.89. The second-order valence-electron chi connectivity index (χ2n) is 10.3. The molecule has 0 bridgehead atoms. The molecule has 0 saturated heterocycles. The number of carbonyl (C=O) groups is 2. The number of allylic oxidation sites excluding steroid dienone is 2. The van der Waals surface area contributed by atoms with E-state index in [0.717, 1.165) is 25.0 Å². The Balaban J connectivity index is 1.74. The van der Waals surface area contributed by atoms with Crippen molar-refractivity contribution < 1.29 is 45.4 Å². The van der Waals surface area contributed by atoms with Crippen molar-refractivity contribution in [2.45, 2.75) is 83.2 Å². The van der Waals surface area contributed by atoms with Crippen molar-refractivity contribution in [1.29, 1.82) is 0 Å². The Morgan fingerprint density at radius 1 is 0.881 bits per heavy atom. The van der Waals surface area contributed by atoms with E-state index < -0.39 is 52.9 Å². The Bertz CT molecular complexity index is 1110. The van der Waals surface area contributed by atoms with Crippen LogP contribution >= 0.6 is 12.2 Å². The van der Waals surface area contributed by atoms with E-state index in [0.29, 0.717) is 37.8 Å². The first-order valence-electron chi connectivity index (χ1n) is 13.9. The van der Waals surface area contributed by atoms with Gasteiger partial charge in [0.15, 0.2) is 11.0 Å². The summed E-state index contributed by atoms with van der Waals surface area (Å²) in [4.78, 5) is 25.2. The normalized spacial score (nSPS) is 21.3. The monoisotopic (exact) mass is 623 g/mol. The highest BCUT2D eigenvalue weighted by Crippen LogP contribution is 2.37. The van der Waals surface area contributed by atoms with Crippen LogP contribution in [-0.2, 0) is 31.4 Å². The third-order valence-corrected chi connectivity index (χ3v) is 7.43. The number of hydrogen-bond acceptors (Lipinski definition) is 6. The van der Waals surface area contributed by atoms with Gasteiger partial charge in [0.2, 0.25) is 0 Å². The van der Waals surface area contributed by atoms with Gasteiger partial charge in [0.1, 0.15) is 0 Å². The minimum Gasteiger partial charge on any atom is -0.465 e. The molecule has 0 heterocycles. The lowest BCUT2D eigenvalue weighted by Crippen LogP contribution is -2.52. The molecule has 0 spiro atoms. The molecule has 3 N–H and O–H groups in total. The van der Waals surface area contributed by atoms with Crippen molar-refractivity contribution in [3.63, 3.8) is 0 Å². The fourth-order valence-corrected chi connectivity index (χ4v) is 5.59. The summed E-state index contributed by atoms with van der Waals surface area (Å²) in [5.41, 5.74) is -2.49. The first-order chi connectivity index (χ1) is 19.7. The number of rotatable bonds is 9. The molecule has 14 heteroatoms. The number of thiocarbonyl (C=S) groups is 1. The van der Waals surface area contributed by atoms with E-state index in [1.807, 2.05) is 6.08 Å². The second kappa shape index (κ2) is 14.4. The summed E-state index contributed by atoms with van der Waals surface area (Å²) in [5, 5.41) is 8.89. The van der Waals surface area contributed by atoms with Crippen molar-refractivity contribution in [2.24, 2.45) is 11.8 Å². The highest BCUT2D eigenvalue weighted by molar-refractivity contribution is 7.80. The summed E-state index contributed by atoms with van der Waals surface area (Å²) < 4.78 is 89.8. The Morgan fingerprint density at radius 2 is 1.43 bits per heavy atom. The van der Waals surface area contributed by atoms with Crippen molar-refractivity contribution in [1.82, 2.24) is 10.6 Å². The van der Waals surface area contributed by atoms with Crippen LogP contribution in [0.5, 0.6) is 0 Å². The minimum absolute atomic E-state index is 0.0579. The lowest BCUT2D eigenvalue weighted by atomic mass is 9.82. The zero-order valence-electron chi connectivity index (χ0n) is 23.3.